The van der Waals surface area contributed by atoms with E-state index in [0.29, 0.717) is 6.54 Å². The smallest absolute Gasteiger partial charge is 0.277 e. The van der Waals surface area contributed by atoms with Crippen LogP contribution < -0.4 is 21.4 Å². The number of carbonyl (C=O) groups is 1. The zero-order valence-corrected chi connectivity index (χ0v) is 17.1. The molecule has 0 saturated heterocycles. The first-order chi connectivity index (χ1) is 14.5. The third-order valence-electron chi connectivity index (χ3n) is 4.94. The third-order valence-corrected chi connectivity index (χ3v) is 5.22. The molecule has 2 aromatic heterocycles. The van der Waals surface area contributed by atoms with Crippen LogP contribution in [0.25, 0.3) is 11.0 Å². The normalized spacial score (nSPS) is 11.0. The molecule has 0 saturated carbocycles. The summed E-state index contributed by atoms with van der Waals surface area (Å²) in [5.74, 6) is 0.364. The van der Waals surface area contributed by atoms with Crippen LogP contribution >= 0.6 is 11.6 Å². The van der Waals surface area contributed by atoms with Gasteiger partial charge < -0.3 is 16.8 Å². The number of benzene rings is 2. The van der Waals surface area contributed by atoms with Crippen LogP contribution in [0.5, 0.6) is 0 Å². The second-order valence-corrected chi connectivity index (χ2v) is 7.21. The maximum absolute atomic E-state index is 12.7. The lowest BCUT2D eigenvalue weighted by Crippen LogP contribution is -2.38. The molecule has 0 spiro atoms. The van der Waals surface area contributed by atoms with Gasteiger partial charge in [0.05, 0.1) is 7.05 Å². The quantitative estimate of drug-likeness (QED) is 0.426. The molecule has 0 unspecified atom stereocenters. The Labute approximate surface area is 178 Å². The number of nitrogen functional groups attached to an aromatic ring is 2. The van der Waals surface area contributed by atoms with E-state index in [9.17, 15) is 4.79 Å². The molecule has 8 nitrogen and oxygen atoms in total. The summed E-state index contributed by atoms with van der Waals surface area (Å²) < 4.78 is 4.24. The standard InChI is InChI=1S/C21H20ClN7O/c1-28-14-9-5-6-10-15(14)29(12-13-7-3-2-4-8-13)16(28)11-25-21(30)17-19(23)27-20(24)18(22)26-17/h2-10H,11-12H2,1H3,(H4-,23,24,25,27,30)/p+1. The molecule has 0 aliphatic rings. The van der Waals surface area contributed by atoms with Crippen LogP contribution in [0, 0.1) is 0 Å². The number of halogens is 1. The number of fused-ring (bicyclic) bond motifs is 1. The van der Waals surface area contributed by atoms with Gasteiger partial charge in [-0.25, -0.2) is 19.1 Å². The number of hydrogen-bond acceptors (Lipinski definition) is 5. The molecule has 4 aromatic rings. The monoisotopic (exact) mass is 422 g/mol. The Morgan fingerprint density at radius 1 is 1.07 bits per heavy atom. The maximum atomic E-state index is 12.7. The predicted molar refractivity (Wildman–Crippen MR) is 116 cm³/mol. The number of para-hydroxylation sites is 2. The first-order valence-electron chi connectivity index (χ1n) is 9.32. The second kappa shape index (κ2) is 8.00. The summed E-state index contributed by atoms with van der Waals surface area (Å²) in [6, 6.07) is 18.2. The second-order valence-electron chi connectivity index (χ2n) is 6.85. The highest BCUT2D eigenvalue weighted by Crippen LogP contribution is 2.19. The highest BCUT2D eigenvalue weighted by molar-refractivity contribution is 6.31. The van der Waals surface area contributed by atoms with Gasteiger partial charge in [-0.05, 0) is 17.7 Å². The van der Waals surface area contributed by atoms with E-state index in [1.165, 1.54) is 0 Å². The van der Waals surface area contributed by atoms with Gasteiger partial charge in [-0.15, -0.1) is 0 Å². The minimum atomic E-state index is -0.474. The van der Waals surface area contributed by atoms with E-state index in [-0.39, 0.29) is 29.0 Å². The van der Waals surface area contributed by atoms with Crippen LogP contribution in [0.3, 0.4) is 0 Å². The molecule has 152 valence electrons. The van der Waals surface area contributed by atoms with E-state index in [4.69, 9.17) is 23.1 Å². The predicted octanol–water partition coefficient (Wildman–Crippen LogP) is 2.05. The van der Waals surface area contributed by atoms with Crippen LogP contribution in [-0.4, -0.2) is 20.4 Å². The lowest BCUT2D eigenvalue weighted by atomic mass is 10.2. The van der Waals surface area contributed by atoms with E-state index in [2.05, 4.69) is 42.6 Å². The number of anilines is 2. The molecule has 1 amide bonds. The molecule has 0 bridgehead atoms. The Bertz CT molecular complexity index is 1240. The summed E-state index contributed by atoms with van der Waals surface area (Å²) >= 11 is 5.90. The molecule has 2 aromatic carbocycles. The highest BCUT2D eigenvalue weighted by atomic mass is 35.5. The van der Waals surface area contributed by atoms with E-state index in [1.807, 2.05) is 43.4 Å². The fraction of sp³-hybridized carbons (Fsp3) is 0.143. The van der Waals surface area contributed by atoms with Gasteiger partial charge in [0.2, 0.25) is 0 Å². The van der Waals surface area contributed by atoms with E-state index < -0.39 is 5.91 Å². The summed E-state index contributed by atoms with van der Waals surface area (Å²) in [7, 11) is 1.97. The van der Waals surface area contributed by atoms with Crippen molar-refractivity contribution in [2.24, 2.45) is 7.05 Å². The summed E-state index contributed by atoms with van der Waals surface area (Å²) in [5.41, 5.74) is 14.6. The molecule has 2 heterocycles. The third kappa shape index (κ3) is 3.65. The van der Waals surface area contributed by atoms with Crippen molar-refractivity contribution in [3.63, 3.8) is 0 Å². The largest absolute Gasteiger partial charge is 0.382 e. The summed E-state index contributed by atoms with van der Waals surface area (Å²) in [6.07, 6.45) is 0. The van der Waals surface area contributed by atoms with Crippen molar-refractivity contribution in [1.82, 2.24) is 19.9 Å². The Morgan fingerprint density at radius 2 is 1.77 bits per heavy atom. The first kappa shape index (κ1) is 19.7. The number of aryl methyl sites for hydroxylation is 1. The van der Waals surface area contributed by atoms with Crippen molar-refractivity contribution in [3.05, 3.63) is 76.8 Å². The van der Waals surface area contributed by atoms with Gasteiger partial charge >= 0.3 is 0 Å². The lowest BCUT2D eigenvalue weighted by molar-refractivity contribution is -0.654. The molecule has 9 heteroatoms. The Morgan fingerprint density at radius 3 is 2.53 bits per heavy atom. The van der Waals surface area contributed by atoms with Gasteiger partial charge in [-0.3, -0.25) is 4.79 Å². The maximum Gasteiger partial charge on any atom is 0.277 e. The van der Waals surface area contributed by atoms with Gasteiger partial charge in [-0.2, -0.15) is 0 Å². The van der Waals surface area contributed by atoms with Crippen LogP contribution in [0.4, 0.5) is 11.6 Å². The SMILES string of the molecule is C[n+]1c(CNC(=O)c2nc(Cl)c(N)nc2N)n(Cc2ccccc2)c2ccccc21. The number of hydrogen-bond donors (Lipinski definition) is 3. The molecule has 0 aliphatic carbocycles. The molecule has 30 heavy (non-hydrogen) atoms. The van der Waals surface area contributed by atoms with Crippen LogP contribution in [0.1, 0.15) is 21.9 Å². The number of amides is 1. The zero-order chi connectivity index (χ0) is 21.3. The number of rotatable bonds is 5. The molecule has 5 N–H and O–H groups in total. The average molecular weight is 423 g/mol. The molecule has 0 aliphatic heterocycles. The van der Waals surface area contributed by atoms with E-state index in [0.717, 1.165) is 22.4 Å². The van der Waals surface area contributed by atoms with Crippen molar-refractivity contribution >= 4 is 40.2 Å². The fourth-order valence-corrected chi connectivity index (χ4v) is 3.57. The molecule has 0 radical (unpaired) electrons. The van der Waals surface area contributed by atoms with Crippen molar-refractivity contribution in [1.29, 1.82) is 0 Å². The summed E-state index contributed by atoms with van der Waals surface area (Å²) in [6.45, 7) is 0.934. The van der Waals surface area contributed by atoms with Crippen LogP contribution in [-0.2, 0) is 20.1 Å². The molecule has 0 atom stereocenters. The number of nitrogens with zero attached hydrogens (tertiary/aromatic N) is 4. The van der Waals surface area contributed by atoms with Gasteiger partial charge in [0.15, 0.2) is 33.5 Å². The molecule has 0 fully saturated rings. The zero-order valence-electron chi connectivity index (χ0n) is 16.3. The Balaban J connectivity index is 1.67. The summed E-state index contributed by atoms with van der Waals surface area (Å²) in [4.78, 5) is 20.5. The average Bonchev–Trinajstić information content (AvgIpc) is 3.01. The minimum absolute atomic E-state index is 0.0138. The van der Waals surface area contributed by atoms with Gasteiger partial charge in [0.25, 0.3) is 11.7 Å². The van der Waals surface area contributed by atoms with Gasteiger partial charge in [-0.1, -0.05) is 54.1 Å². The number of nitrogens with two attached hydrogens (primary N) is 2. The van der Waals surface area contributed by atoms with Crippen LogP contribution in [0.15, 0.2) is 54.6 Å². The van der Waals surface area contributed by atoms with Crippen molar-refractivity contribution in [2.75, 3.05) is 11.5 Å². The number of nitrogens with one attached hydrogen (secondary N) is 1. The van der Waals surface area contributed by atoms with E-state index >= 15 is 0 Å². The lowest BCUT2D eigenvalue weighted by Gasteiger charge is -2.08. The van der Waals surface area contributed by atoms with Gasteiger partial charge in [0.1, 0.15) is 13.1 Å². The number of aromatic nitrogens is 4. The first-order valence-corrected chi connectivity index (χ1v) is 9.70. The number of imidazole rings is 1. The van der Waals surface area contributed by atoms with E-state index in [1.54, 1.807) is 0 Å². The number of carbonyl (C=O) groups excluding carboxylic acids is 1. The van der Waals surface area contributed by atoms with Crippen molar-refractivity contribution in [3.8, 4) is 0 Å². The van der Waals surface area contributed by atoms with Crippen molar-refractivity contribution < 1.29 is 9.36 Å². The molecular formula is C21H21ClN7O+. The molecular weight excluding hydrogens is 402 g/mol. The highest BCUT2D eigenvalue weighted by Gasteiger charge is 2.24. The Hall–Kier alpha value is -3.65. The fourth-order valence-electron chi connectivity index (χ4n) is 3.44. The molecule has 4 rings (SSSR count). The summed E-state index contributed by atoms with van der Waals surface area (Å²) in [5, 5.41) is 2.81. The van der Waals surface area contributed by atoms with Crippen molar-refractivity contribution in [2.45, 2.75) is 13.1 Å². The Kier molecular flexibility index (Phi) is 5.24. The topological polar surface area (TPSA) is 116 Å². The van der Waals surface area contributed by atoms with Crippen LogP contribution in [0.2, 0.25) is 5.15 Å². The van der Waals surface area contributed by atoms with Gasteiger partial charge in [0, 0.05) is 0 Å². The minimum Gasteiger partial charge on any atom is -0.382 e.